The Bertz CT molecular complexity index is 630. The van der Waals surface area contributed by atoms with Crippen LogP contribution in [0.15, 0.2) is 22.7 Å². The Morgan fingerprint density at radius 2 is 1.79 bits per heavy atom. The van der Waals surface area contributed by atoms with Crippen LogP contribution in [0.4, 0.5) is 13.2 Å². The summed E-state index contributed by atoms with van der Waals surface area (Å²) in [6.07, 6.45) is -4.46. The summed E-state index contributed by atoms with van der Waals surface area (Å²) in [7, 11) is 1.50. The molecule has 2 nitrogen and oxygen atoms in total. The molecule has 0 amide bonds. The van der Waals surface area contributed by atoms with E-state index in [2.05, 4.69) is 21.0 Å². The Balaban J connectivity index is 2.63. The minimum atomic E-state index is -4.46. The molecule has 1 aromatic carbocycles. The number of nitrogens with zero attached hydrogens (tertiary/aromatic N) is 2. The third kappa shape index (κ3) is 2.54. The second kappa shape index (κ2) is 4.67. The first-order valence-corrected chi connectivity index (χ1v) is 6.38. The molecule has 0 aliphatic carbocycles. The van der Waals surface area contributed by atoms with Crippen LogP contribution >= 0.6 is 15.9 Å². The smallest absolute Gasteiger partial charge is 0.266 e. The first-order valence-electron chi connectivity index (χ1n) is 5.59. The number of benzene rings is 1. The normalized spacial score (nSPS) is 11.9. The van der Waals surface area contributed by atoms with Crippen molar-refractivity contribution < 1.29 is 13.2 Å². The van der Waals surface area contributed by atoms with Crippen LogP contribution in [0.2, 0.25) is 0 Å². The number of rotatable bonds is 1. The highest BCUT2D eigenvalue weighted by Crippen LogP contribution is 2.39. The minimum absolute atomic E-state index is 0.0225. The average molecular weight is 333 g/mol. The number of halogens is 4. The standard InChI is InChI=1S/C13H12BrF3N2/c1-7-4-5-9(6-8(7)2)11-10(14)12(13(15,16)17)18-19(11)3/h4-6H,1-3H3. The fourth-order valence-electron chi connectivity index (χ4n) is 1.88. The van der Waals surface area contributed by atoms with E-state index in [0.29, 0.717) is 11.3 Å². The second-order valence-corrected chi connectivity index (χ2v) is 5.22. The lowest BCUT2D eigenvalue weighted by atomic mass is 10.0. The van der Waals surface area contributed by atoms with Gasteiger partial charge in [0.25, 0.3) is 0 Å². The number of aryl methyl sites for hydroxylation is 3. The largest absolute Gasteiger partial charge is 0.436 e. The number of alkyl halides is 3. The van der Waals surface area contributed by atoms with Crippen molar-refractivity contribution in [2.24, 2.45) is 7.05 Å². The van der Waals surface area contributed by atoms with Gasteiger partial charge in [0.15, 0.2) is 5.69 Å². The molecular weight excluding hydrogens is 321 g/mol. The summed E-state index contributed by atoms with van der Waals surface area (Å²) in [6.45, 7) is 3.88. The number of aromatic nitrogens is 2. The highest BCUT2D eigenvalue weighted by atomic mass is 79.9. The van der Waals surface area contributed by atoms with E-state index in [1.807, 2.05) is 26.0 Å². The van der Waals surface area contributed by atoms with E-state index in [-0.39, 0.29) is 4.47 Å². The van der Waals surface area contributed by atoms with Gasteiger partial charge in [0.1, 0.15) is 0 Å². The molecule has 6 heteroatoms. The van der Waals surface area contributed by atoms with Gasteiger partial charge in [-0.1, -0.05) is 12.1 Å². The van der Waals surface area contributed by atoms with Crippen molar-refractivity contribution >= 4 is 15.9 Å². The molecule has 0 fully saturated rings. The lowest BCUT2D eigenvalue weighted by molar-refractivity contribution is -0.142. The van der Waals surface area contributed by atoms with Crippen molar-refractivity contribution in [3.63, 3.8) is 0 Å². The molecule has 2 rings (SSSR count). The molecule has 102 valence electrons. The summed E-state index contributed by atoms with van der Waals surface area (Å²) in [5, 5.41) is 3.55. The fraction of sp³-hybridized carbons (Fsp3) is 0.308. The molecule has 0 bridgehead atoms. The SMILES string of the molecule is Cc1ccc(-c2c(Br)c(C(F)(F)F)nn2C)cc1C. The maximum Gasteiger partial charge on any atom is 0.436 e. The van der Waals surface area contributed by atoms with Gasteiger partial charge in [0.2, 0.25) is 0 Å². The van der Waals surface area contributed by atoms with Crippen LogP contribution in [0.1, 0.15) is 16.8 Å². The lowest BCUT2D eigenvalue weighted by Gasteiger charge is -2.06. The van der Waals surface area contributed by atoms with Crippen molar-refractivity contribution in [3.8, 4) is 11.3 Å². The third-order valence-electron chi connectivity index (χ3n) is 3.04. The van der Waals surface area contributed by atoms with Gasteiger partial charge in [0.05, 0.1) is 10.2 Å². The Kier molecular flexibility index (Phi) is 3.47. The van der Waals surface area contributed by atoms with Gasteiger partial charge in [0, 0.05) is 12.6 Å². The topological polar surface area (TPSA) is 17.8 Å². The van der Waals surface area contributed by atoms with Crippen molar-refractivity contribution in [2.75, 3.05) is 0 Å². The quantitative estimate of drug-likeness (QED) is 0.752. The van der Waals surface area contributed by atoms with E-state index >= 15 is 0 Å². The van der Waals surface area contributed by atoms with Crippen LogP contribution in [-0.4, -0.2) is 9.78 Å². The van der Waals surface area contributed by atoms with Crippen LogP contribution in [0.25, 0.3) is 11.3 Å². The van der Waals surface area contributed by atoms with Crippen molar-refractivity contribution in [1.29, 1.82) is 0 Å². The first-order chi connectivity index (χ1) is 8.71. The van der Waals surface area contributed by atoms with Gasteiger partial charge in [-0.05, 0) is 47.0 Å². The molecule has 0 saturated heterocycles. The van der Waals surface area contributed by atoms with E-state index in [1.54, 1.807) is 6.07 Å². The predicted octanol–water partition coefficient (Wildman–Crippen LogP) is 4.49. The summed E-state index contributed by atoms with van der Waals surface area (Å²) in [6, 6.07) is 5.54. The summed E-state index contributed by atoms with van der Waals surface area (Å²) in [4.78, 5) is 0. The number of hydrogen-bond donors (Lipinski definition) is 0. The molecule has 0 atom stereocenters. The summed E-state index contributed by atoms with van der Waals surface area (Å²) in [5.74, 6) is 0. The van der Waals surface area contributed by atoms with E-state index in [9.17, 15) is 13.2 Å². The lowest BCUT2D eigenvalue weighted by Crippen LogP contribution is -2.07. The van der Waals surface area contributed by atoms with Gasteiger partial charge in [-0.25, -0.2) is 0 Å². The highest BCUT2D eigenvalue weighted by Gasteiger charge is 2.38. The summed E-state index contributed by atoms with van der Waals surface area (Å²) in [5.41, 5.74) is 2.36. The second-order valence-electron chi connectivity index (χ2n) is 4.43. The maximum atomic E-state index is 12.8. The van der Waals surface area contributed by atoms with Crippen LogP contribution < -0.4 is 0 Å². The van der Waals surface area contributed by atoms with Crippen molar-refractivity contribution in [3.05, 3.63) is 39.5 Å². The Morgan fingerprint density at radius 3 is 2.26 bits per heavy atom. The highest BCUT2D eigenvalue weighted by molar-refractivity contribution is 9.10. The Morgan fingerprint density at radius 1 is 1.16 bits per heavy atom. The molecule has 1 aromatic heterocycles. The van der Waals surface area contributed by atoms with Crippen LogP contribution in [0.5, 0.6) is 0 Å². The summed E-state index contributed by atoms with van der Waals surface area (Å²) >= 11 is 3.01. The van der Waals surface area contributed by atoms with Gasteiger partial charge >= 0.3 is 6.18 Å². The average Bonchev–Trinajstić information content (AvgIpc) is 2.58. The fourth-order valence-corrected chi connectivity index (χ4v) is 2.67. The molecule has 2 aromatic rings. The molecule has 19 heavy (non-hydrogen) atoms. The molecule has 0 aliphatic heterocycles. The third-order valence-corrected chi connectivity index (χ3v) is 3.79. The van der Waals surface area contributed by atoms with E-state index in [4.69, 9.17) is 0 Å². The van der Waals surface area contributed by atoms with Crippen LogP contribution in [-0.2, 0) is 13.2 Å². The molecule has 0 spiro atoms. The molecule has 0 N–H and O–H groups in total. The Labute approximate surface area is 117 Å². The molecular formula is C13H12BrF3N2. The van der Waals surface area contributed by atoms with E-state index < -0.39 is 11.9 Å². The Hall–Kier alpha value is -1.30. The van der Waals surface area contributed by atoms with Gasteiger partial charge < -0.3 is 0 Å². The van der Waals surface area contributed by atoms with Gasteiger partial charge in [-0.15, -0.1) is 0 Å². The molecule has 0 radical (unpaired) electrons. The minimum Gasteiger partial charge on any atom is -0.266 e. The predicted molar refractivity (Wildman–Crippen MR) is 70.8 cm³/mol. The monoisotopic (exact) mass is 332 g/mol. The molecule has 0 aliphatic rings. The van der Waals surface area contributed by atoms with E-state index in [1.165, 1.54) is 11.7 Å². The van der Waals surface area contributed by atoms with Crippen LogP contribution in [0.3, 0.4) is 0 Å². The number of hydrogen-bond acceptors (Lipinski definition) is 1. The van der Waals surface area contributed by atoms with Crippen molar-refractivity contribution in [2.45, 2.75) is 20.0 Å². The molecule has 0 saturated carbocycles. The van der Waals surface area contributed by atoms with Crippen LogP contribution in [0, 0.1) is 13.8 Å². The zero-order chi connectivity index (χ0) is 14.4. The maximum absolute atomic E-state index is 12.8. The molecule has 1 heterocycles. The summed E-state index contributed by atoms with van der Waals surface area (Å²) < 4.78 is 39.6. The van der Waals surface area contributed by atoms with E-state index in [0.717, 1.165) is 11.1 Å². The van der Waals surface area contributed by atoms with Gasteiger partial charge in [-0.3, -0.25) is 4.68 Å². The van der Waals surface area contributed by atoms with Gasteiger partial charge in [-0.2, -0.15) is 18.3 Å². The zero-order valence-electron chi connectivity index (χ0n) is 10.6. The molecule has 0 unspecified atom stereocenters. The van der Waals surface area contributed by atoms with Crippen molar-refractivity contribution in [1.82, 2.24) is 9.78 Å². The zero-order valence-corrected chi connectivity index (χ0v) is 12.2. The first kappa shape index (κ1) is 14.1.